The Morgan fingerprint density at radius 2 is 2.05 bits per heavy atom. The maximum absolute atomic E-state index is 12.4. The Kier molecular flexibility index (Phi) is 4.28. The summed E-state index contributed by atoms with van der Waals surface area (Å²) in [4.78, 5) is 12.4. The molecule has 1 amide bonds. The molecule has 1 heterocycles. The van der Waals surface area contributed by atoms with E-state index in [4.69, 9.17) is 4.74 Å². The van der Waals surface area contributed by atoms with Gasteiger partial charge in [-0.1, -0.05) is 12.1 Å². The number of carbonyl (C=O) groups excluding carboxylic acids is 1. The number of ether oxygens (including phenoxy) is 1. The second-order valence-corrected chi connectivity index (χ2v) is 5.28. The lowest BCUT2D eigenvalue weighted by molar-refractivity contribution is 0.102. The van der Waals surface area contributed by atoms with E-state index in [9.17, 15) is 4.79 Å². The highest BCUT2D eigenvalue weighted by molar-refractivity contribution is 6.06. The summed E-state index contributed by atoms with van der Waals surface area (Å²) in [6, 6.07) is 13.2. The van der Waals surface area contributed by atoms with Crippen molar-refractivity contribution in [1.29, 1.82) is 0 Å². The molecule has 3 rings (SSSR count). The molecular weight excluding hydrogens is 276 g/mol. The number of fused-ring (bicyclic) bond motifs is 1. The third-order valence-corrected chi connectivity index (χ3v) is 3.75. The van der Waals surface area contributed by atoms with Crippen LogP contribution in [0.4, 0.5) is 11.4 Å². The molecule has 2 aromatic carbocycles. The predicted molar refractivity (Wildman–Crippen MR) is 88.8 cm³/mol. The topological polar surface area (TPSA) is 50.4 Å². The van der Waals surface area contributed by atoms with E-state index < -0.39 is 0 Å². The standard InChI is InChI=1S/C18H20N2O2/c1-2-22-15-10-8-14(9-11-15)18(21)20-16-7-3-5-13-6-4-12-19-17(13)16/h3,5,7-11,19H,2,4,6,12H2,1H3,(H,20,21). The molecular formula is C18H20N2O2. The number of carbonyl (C=O) groups is 1. The van der Waals surface area contributed by atoms with Crippen LogP contribution < -0.4 is 15.4 Å². The van der Waals surface area contributed by atoms with Crippen LogP contribution in [0.25, 0.3) is 0 Å². The number of hydrogen-bond acceptors (Lipinski definition) is 3. The first kappa shape index (κ1) is 14.4. The van der Waals surface area contributed by atoms with Gasteiger partial charge in [-0.3, -0.25) is 4.79 Å². The molecule has 114 valence electrons. The lowest BCUT2D eigenvalue weighted by Crippen LogP contribution is -2.17. The molecule has 1 aliphatic heterocycles. The Hall–Kier alpha value is -2.49. The maximum atomic E-state index is 12.4. The average Bonchev–Trinajstić information content (AvgIpc) is 2.56. The van der Waals surface area contributed by atoms with E-state index in [1.165, 1.54) is 5.56 Å². The average molecular weight is 296 g/mol. The minimum atomic E-state index is -0.108. The lowest BCUT2D eigenvalue weighted by Gasteiger charge is -2.21. The smallest absolute Gasteiger partial charge is 0.255 e. The highest BCUT2D eigenvalue weighted by Crippen LogP contribution is 2.30. The molecule has 4 nitrogen and oxygen atoms in total. The molecule has 0 spiro atoms. The van der Waals surface area contributed by atoms with Crippen molar-refractivity contribution in [2.24, 2.45) is 0 Å². The SMILES string of the molecule is CCOc1ccc(C(=O)Nc2cccc3c2NCCC3)cc1. The molecule has 2 N–H and O–H groups in total. The maximum Gasteiger partial charge on any atom is 0.255 e. The summed E-state index contributed by atoms with van der Waals surface area (Å²) in [5.74, 6) is 0.668. The number of rotatable bonds is 4. The van der Waals surface area contributed by atoms with Crippen LogP contribution in [0.5, 0.6) is 5.75 Å². The fourth-order valence-electron chi connectivity index (χ4n) is 2.68. The zero-order valence-electron chi connectivity index (χ0n) is 12.7. The van der Waals surface area contributed by atoms with Crippen LogP contribution in [0.15, 0.2) is 42.5 Å². The minimum Gasteiger partial charge on any atom is -0.494 e. The number of anilines is 2. The highest BCUT2D eigenvalue weighted by atomic mass is 16.5. The molecule has 0 aromatic heterocycles. The summed E-state index contributed by atoms with van der Waals surface area (Å²) in [6.07, 6.45) is 2.18. The van der Waals surface area contributed by atoms with Gasteiger partial charge in [0.15, 0.2) is 0 Å². The molecule has 0 aliphatic carbocycles. The van der Waals surface area contributed by atoms with Gasteiger partial charge in [-0.2, -0.15) is 0 Å². The number of hydrogen-bond donors (Lipinski definition) is 2. The molecule has 0 unspecified atom stereocenters. The van der Waals surface area contributed by atoms with Gasteiger partial charge >= 0.3 is 0 Å². The molecule has 1 aliphatic rings. The molecule has 22 heavy (non-hydrogen) atoms. The van der Waals surface area contributed by atoms with Gasteiger partial charge in [-0.25, -0.2) is 0 Å². The monoisotopic (exact) mass is 296 g/mol. The van der Waals surface area contributed by atoms with Crippen molar-refractivity contribution in [3.05, 3.63) is 53.6 Å². The van der Waals surface area contributed by atoms with Crippen LogP contribution in [0.1, 0.15) is 29.3 Å². The predicted octanol–water partition coefficient (Wildman–Crippen LogP) is 3.70. The normalized spacial score (nSPS) is 13.0. The quantitative estimate of drug-likeness (QED) is 0.904. The van der Waals surface area contributed by atoms with Crippen LogP contribution in [0.3, 0.4) is 0 Å². The van der Waals surface area contributed by atoms with E-state index in [1.807, 2.05) is 31.2 Å². The first-order chi connectivity index (χ1) is 10.8. The fourth-order valence-corrected chi connectivity index (χ4v) is 2.68. The van der Waals surface area contributed by atoms with Gasteiger partial charge in [0.2, 0.25) is 0 Å². The second kappa shape index (κ2) is 6.52. The third kappa shape index (κ3) is 3.06. The van der Waals surface area contributed by atoms with E-state index in [1.54, 1.807) is 12.1 Å². The number of benzene rings is 2. The Morgan fingerprint density at radius 3 is 2.82 bits per heavy atom. The largest absolute Gasteiger partial charge is 0.494 e. The molecule has 2 aromatic rings. The van der Waals surface area contributed by atoms with E-state index >= 15 is 0 Å². The van der Waals surface area contributed by atoms with Crippen molar-refractivity contribution in [2.45, 2.75) is 19.8 Å². The third-order valence-electron chi connectivity index (χ3n) is 3.75. The van der Waals surface area contributed by atoms with Crippen molar-refractivity contribution in [2.75, 3.05) is 23.8 Å². The van der Waals surface area contributed by atoms with E-state index in [2.05, 4.69) is 16.7 Å². The van der Waals surface area contributed by atoms with Crippen LogP contribution >= 0.6 is 0 Å². The molecule has 4 heteroatoms. The van der Waals surface area contributed by atoms with Crippen molar-refractivity contribution in [1.82, 2.24) is 0 Å². The number of amides is 1. The zero-order valence-corrected chi connectivity index (χ0v) is 12.7. The van der Waals surface area contributed by atoms with Crippen molar-refractivity contribution < 1.29 is 9.53 Å². The van der Waals surface area contributed by atoms with Gasteiger partial charge in [0, 0.05) is 12.1 Å². The van der Waals surface area contributed by atoms with Crippen molar-refractivity contribution in [3.63, 3.8) is 0 Å². The van der Waals surface area contributed by atoms with Gasteiger partial charge in [0.1, 0.15) is 5.75 Å². The number of aryl methyl sites for hydroxylation is 1. The summed E-state index contributed by atoms with van der Waals surface area (Å²) in [5, 5.41) is 6.37. The molecule has 0 saturated carbocycles. The Balaban J connectivity index is 1.77. The molecule has 0 bridgehead atoms. The molecule has 0 fully saturated rings. The van der Waals surface area contributed by atoms with Crippen LogP contribution in [-0.4, -0.2) is 19.1 Å². The Labute approximate surface area is 130 Å². The Morgan fingerprint density at radius 1 is 1.23 bits per heavy atom. The Bertz CT molecular complexity index is 665. The molecule has 0 atom stereocenters. The van der Waals surface area contributed by atoms with Crippen molar-refractivity contribution in [3.8, 4) is 5.75 Å². The zero-order chi connectivity index (χ0) is 15.4. The summed E-state index contributed by atoms with van der Waals surface area (Å²) in [7, 11) is 0. The summed E-state index contributed by atoms with van der Waals surface area (Å²) >= 11 is 0. The molecule has 0 radical (unpaired) electrons. The van der Waals surface area contributed by atoms with Crippen LogP contribution in [0.2, 0.25) is 0 Å². The summed E-state index contributed by atoms with van der Waals surface area (Å²) in [5.41, 5.74) is 3.77. The van der Waals surface area contributed by atoms with Gasteiger partial charge in [-0.15, -0.1) is 0 Å². The van der Waals surface area contributed by atoms with Gasteiger partial charge in [0.05, 0.1) is 18.0 Å². The highest BCUT2D eigenvalue weighted by Gasteiger charge is 2.14. The first-order valence-corrected chi connectivity index (χ1v) is 7.68. The van der Waals surface area contributed by atoms with E-state index in [-0.39, 0.29) is 5.91 Å². The fraction of sp³-hybridized carbons (Fsp3) is 0.278. The van der Waals surface area contributed by atoms with Gasteiger partial charge in [0.25, 0.3) is 5.91 Å². The van der Waals surface area contributed by atoms with E-state index in [0.717, 1.165) is 36.5 Å². The second-order valence-electron chi connectivity index (χ2n) is 5.28. The van der Waals surface area contributed by atoms with Crippen LogP contribution in [-0.2, 0) is 6.42 Å². The molecule has 0 saturated heterocycles. The van der Waals surface area contributed by atoms with Gasteiger partial charge < -0.3 is 15.4 Å². The number of nitrogens with one attached hydrogen (secondary N) is 2. The number of para-hydroxylation sites is 1. The minimum absolute atomic E-state index is 0.108. The summed E-state index contributed by atoms with van der Waals surface area (Å²) in [6.45, 7) is 3.50. The lowest BCUT2D eigenvalue weighted by atomic mass is 10.0. The van der Waals surface area contributed by atoms with Crippen LogP contribution in [0, 0.1) is 0 Å². The van der Waals surface area contributed by atoms with Crippen molar-refractivity contribution >= 4 is 17.3 Å². The first-order valence-electron chi connectivity index (χ1n) is 7.68. The van der Waals surface area contributed by atoms with Gasteiger partial charge in [-0.05, 0) is 55.7 Å². The summed E-state index contributed by atoms with van der Waals surface area (Å²) < 4.78 is 5.39. The van der Waals surface area contributed by atoms with E-state index in [0.29, 0.717) is 12.2 Å².